The molecule has 2 aromatic carbocycles. The molecule has 0 aliphatic carbocycles. The zero-order valence-corrected chi connectivity index (χ0v) is 13.5. The maximum atomic E-state index is 14.2. The maximum absolute atomic E-state index is 14.2. The summed E-state index contributed by atoms with van der Waals surface area (Å²) >= 11 is 0. The van der Waals surface area contributed by atoms with Gasteiger partial charge in [-0.2, -0.15) is 5.10 Å². The summed E-state index contributed by atoms with van der Waals surface area (Å²) in [7, 11) is 0. The van der Waals surface area contributed by atoms with Crippen molar-refractivity contribution < 1.29 is 9.18 Å². The minimum atomic E-state index is -0.463. The summed E-state index contributed by atoms with van der Waals surface area (Å²) in [6, 6.07) is 14.1. The second-order valence-corrected chi connectivity index (χ2v) is 5.61. The van der Waals surface area contributed by atoms with Gasteiger partial charge in [-0.15, -0.1) is 0 Å². The highest BCUT2D eigenvalue weighted by Crippen LogP contribution is 2.33. The Kier molecular flexibility index (Phi) is 4.03. The SMILES string of the molecule is O=C(N/N=C/c1cnc[nH]1)c1[nH]c2c(F)cccc2c1-c1ccccc1. The first kappa shape index (κ1) is 15.8. The van der Waals surface area contributed by atoms with E-state index in [4.69, 9.17) is 0 Å². The third kappa shape index (κ3) is 2.86. The van der Waals surface area contributed by atoms with Gasteiger partial charge in [-0.1, -0.05) is 42.5 Å². The molecule has 7 heteroatoms. The molecular weight excluding hydrogens is 333 g/mol. The van der Waals surface area contributed by atoms with Crippen LogP contribution in [0.25, 0.3) is 22.0 Å². The van der Waals surface area contributed by atoms with Crippen molar-refractivity contribution in [3.05, 3.63) is 78.3 Å². The third-order valence-electron chi connectivity index (χ3n) is 3.96. The average molecular weight is 347 g/mol. The molecule has 128 valence electrons. The standard InChI is InChI=1S/C19H14FN5O/c20-15-8-4-7-14-16(12-5-2-1-3-6-12)18(24-17(14)15)19(26)25-23-10-13-9-21-11-22-13/h1-11,24H,(H,21,22)(H,25,26)/b23-10+. The number of carbonyl (C=O) groups excluding carboxylic acids is 1. The molecular formula is C19H14FN5O. The van der Waals surface area contributed by atoms with E-state index in [2.05, 4.69) is 25.5 Å². The lowest BCUT2D eigenvalue weighted by Gasteiger charge is -2.04. The Hall–Kier alpha value is -3.74. The molecule has 0 saturated heterocycles. The van der Waals surface area contributed by atoms with E-state index in [1.807, 2.05) is 30.3 Å². The Labute approximate surface area is 147 Å². The first-order valence-corrected chi connectivity index (χ1v) is 7.91. The fourth-order valence-corrected chi connectivity index (χ4v) is 2.81. The summed E-state index contributed by atoms with van der Waals surface area (Å²) in [5, 5.41) is 4.55. The lowest BCUT2D eigenvalue weighted by Crippen LogP contribution is -2.18. The minimum absolute atomic E-state index is 0.248. The maximum Gasteiger partial charge on any atom is 0.288 e. The summed E-state index contributed by atoms with van der Waals surface area (Å²) in [4.78, 5) is 22.2. The van der Waals surface area contributed by atoms with E-state index in [0.29, 0.717) is 16.6 Å². The van der Waals surface area contributed by atoms with Crippen LogP contribution < -0.4 is 5.43 Å². The molecule has 0 aliphatic rings. The van der Waals surface area contributed by atoms with E-state index in [9.17, 15) is 9.18 Å². The summed E-state index contributed by atoms with van der Waals surface area (Å²) in [6.07, 6.45) is 4.52. The number of hydrazone groups is 1. The number of hydrogen-bond acceptors (Lipinski definition) is 3. The van der Waals surface area contributed by atoms with E-state index < -0.39 is 11.7 Å². The van der Waals surface area contributed by atoms with E-state index >= 15 is 0 Å². The van der Waals surface area contributed by atoms with Crippen LogP contribution >= 0.6 is 0 Å². The molecule has 0 saturated carbocycles. The topological polar surface area (TPSA) is 85.9 Å². The first-order chi connectivity index (χ1) is 12.7. The summed E-state index contributed by atoms with van der Waals surface area (Å²) in [6.45, 7) is 0. The largest absolute Gasteiger partial charge is 0.348 e. The van der Waals surface area contributed by atoms with Crippen LogP contribution in [0.4, 0.5) is 4.39 Å². The predicted molar refractivity (Wildman–Crippen MR) is 97.3 cm³/mol. The van der Waals surface area contributed by atoms with Crippen LogP contribution in [0.2, 0.25) is 0 Å². The fourth-order valence-electron chi connectivity index (χ4n) is 2.81. The van der Waals surface area contributed by atoms with Crippen molar-refractivity contribution in [2.75, 3.05) is 0 Å². The molecule has 2 heterocycles. The van der Waals surface area contributed by atoms with Gasteiger partial charge in [0.2, 0.25) is 0 Å². The Balaban J connectivity index is 1.76. The summed E-state index contributed by atoms with van der Waals surface area (Å²) < 4.78 is 14.2. The quantitative estimate of drug-likeness (QED) is 0.390. The van der Waals surface area contributed by atoms with Gasteiger partial charge in [-0.3, -0.25) is 4.79 Å². The molecule has 4 aromatic rings. The third-order valence-corrected chi connectivity index (χ3v) is 3.96. The number of para-hydroxylation sites is 1. The van der Waals surface area contributed by atoms with Gasteiger partial charge in [0.05, 0.1) is 29.9 Å². The molecule has 0 fully saturated rings. The monoisotopic (exact) mass is 347 g/mol. The number of amides is 1. The highest BCUT2D eigenvalue weighted by Gasteiger charge is 2.20. The lowest BCUT2D eigenvalue weighted by atomic mass is 10.0. The average Bonchev–Trinajstić information content (AvgIpc) is 3.30. The molecule has 26 heavy (non-hydrogen) atoms. The molecule has 0 atom stereocenters. The van der Waals surface area contributed by atoms with Crippen molar-refractivity contribution in [1.29, 1.82) is 0 Å². The van der Waals surface area contributed by atoms with Crippen LogP contribution in [0.1, 0.15) is 16.2 Å². The van der Waals surface area contributed by atoms with E-state index in [1.165, 1.54) is 18.6 Å². The Morgan fingerprint density at radius 3 is 2.77 bits per heavy atom. The van der Waals surface area contributed by atoms with Crippen molar-refractivity contribution in [3.63, 3.8) is 0 Å². The molecule has 1 amide bonds. The molecule has 0 spiro atoms. The predicted octanol–water partition coefficient (Wildman–Crippen LogP) is 3.46. The van der Waals surface area contributed by atoms with Crippen molar-refractivity contribution in [3.8, 4) is 11.1 Å². The van der Waals surface area contributed by atoms with Crippen molar-refractivity contribution in [1.82, 2.24) is 20.4 Å². The van der Waals surface area contributed by atoms with Gasteiger partial charge in [0, 0.05) is 10.9 Å². The van der Waals surface area contributed by atoms with Gasteiger partial charge < -0.3 is 9.97 Å². The number of carbonyl (C=O) groups is 1. The molecule has 2 aromatic heterocycles. The van der Waals surface area contributed by atoms with Gasteiger partial charge in [-0.25, -0.2) is 14.8 Å². The number of imidazole rings is 1. The van der Waals surface area contributed by atoms with Gasteiger partial charge >= 0.3 is 0 Å². The van der Waals surface area contributed by atoms with Gasteiger partial charge in [-0.05, 0) is 11.6 Å². The molecule has 0 unspecified atom stereocenters. The van der Waals surface area contributed by atoms with Crippen LogP contribution in [-0.4, -0.2) is 27.1 Å². The Morgan fingerprint density at radius 2 is 2.00 bits per heavy atom. The first-order valence-electron chi connectivity index (χ1n) is 7.91. The Morgan fingerprint density at radius 1 is 1.15 bits per heavy atom. The van der Waals surface area contributed by atoms with Crippen LogP contribution in [0, 0.1) is 5.82 Å². The Bertz CT molecular complexity index is 1080. The van der Waals surface area contributed by atoms with Gasteiger partial charge in [0.25, 0.3) is 5.91 Å². The van der Waals surface area contributed by atoms with Crippen LogP contribution in [0.5, 0.6) is 0 Å². The number of nitrogens with zero attached hydrogens (tertiary/aromatic N) is 2. The molecule has 0 radical (unpaired) electrons. The lowest BCUT2D eigenvalue weighted by molar-refractivity contribution is 0.0951. The van der Waals surface area contributed by atoms with Crippen molar-refractivity contribution in [2.45, 2.75) is 0 Å². The van der Waals surface area contributed by atoms with E-state index in [-0.39, 0.29) is 11.2 Å². The minimum Gasteiger partial charge on any atom is -0.348 e. The van der Waals surface area contributed by atoms with Crippen LogP contribution in [0.15, 0.2) is 66.2 Å². The number of hydrogen-bond donors (Lipinski definition) is 3. The van der Waals surface area contributed by atoms with Crippen LogP contribution in [0.3, 0.4) is 0 Å². The number of rotatable bonds is 4. The summed E-state index contributed by atoms with van der Waals surface area (Å²) in [5.74, 6) is -0.880. The molecule has 0 aliphatic heterocycles. The zero-order valence-electron chi connectivity index (χ0n) is 13.5. The smallest absolute Gasteiger partial charge is 0.288 e. The normalized spacial score (nSPS) is 11.3. The number of H-pyrrole nitrogens is 2. The summed E-state index contributed by atoms with van der Waals surface area (Å²) in [5.41, 5.74) is 5.09. The second kappa shape index (κ2) is 6.64. The highest BCUT2D eigenvalue weighted by atomic mass is 19.1. The molecule has 3 N–H and O–H groups in total. The number of aromatic nitrogens is 3. The second-order valence-electron chi connectivity index (χ2n) is 5.61. The zero-order chi connectivity index (χ0) is 17.9. The number of halogens is 1. The van der Waals surface area contributed by atoms with Crippen molar-refractivity contribution >= 4 is 23.0 Å². The van der Waals surface area contributed by atoms with E-state index in [1.54, 1.807) is 18.3 Å². The fraction of sp³-hybridized carbons (Fsp3) is 0. The van der Waals surface area contributed by atoms with E-state index in [0.717, 1.165) is 5.56 Å². The number of aromatic amines is 2. The van der Waals surface area contributed by atoms with Gasteiger partial charge in [0.15, 0.2) is 0 Å². The van der Waals surface area contributed by atoms with Crippen LogP contribution in [-0.2, 0) is 0 Å². The number of benzene rings is 2. The van der Waals surface area contributed by atoms with Crippen molar-refractivity contribution in [2.24, 2.45) is 5.10 Å². The molecule has 0 bridgehead atoms. The van der Waals surface area contributed by atoms with Gasteiger partial charge in [0.1, 0.15) is 11.5 Å². The highest BCUT2D eigenvalue weighted by molar-refractivity contribution is 6.09. The molecule has 6 nitrogen and oxygen atoms in total. The number of fused-ring (bicyclic) bond motifs is 1. The molecule has 4 rings (SSSR count). The number of nitrogens with one attached hydrogen (secondary N) is 3.